The van der Waals surface area contributed by atoms with Crippen molar-refractivity contribution in [2.24, 2.45) is 0 Å². The molecule has 1 fully saturated rings. The molecule has 0 radical (unpaired) electrons. The summed E-state index contributed by atoms with van der Waals surface area (Å²) in [6.07, 6.45) is 2.15. The molecule has 0 aromatic carbocycles. The summed E-state index contributed by atoms with van der Waals surface area (Å²) in [4.78, 5) is 11.8. The lowest BCUT2D eigenvalue weighted by Crippen LogP contribution is -2.42. The second-order valence-electron chi connectivity index (χ2n) is 2.84. The van der Waals surface area contributed by atoms with E-state index in [-0.39, 0.29) is 6.54 Å². The molecule has 1 unspecified atom stereocenters. The summed E-state index contributed by atoms with van der Waals surface area (Å²) in [7, 11) is 0. The second kappa shape index (κ2) is 3.69. The Morgan fingerprint density at radius 2 is 2.27 bits per heavy atom. The van der Waals surface area contributed by atoms with Gasteiger partial charge in [0.05, 0.1) is 6.54 Å². The van der Waals surface area contributed by atoms with Gasteiger partial charge in [-0.25, -0.2) is 0 Å². The molecule has 1 aliphatic heterocycles. The number of hydrogen-bond donors (Lipinski definition) is 2. The number of nitrogens with zero attached hydrogens (tertiary/aromatic N) is 1. The van der Waals surface area contributed by atoms with Gasteiger partial charge in [0.15, 0.2) is 0 Å². The van der Waals surface area contributed by atoms with Gasteiger partial charge in [-0.1, -0.05) is 0 Å². The van der Waals surface area contributed by atoms with Crippen molar-refractivity contribution in [1.82, 2.24) is 4.90 Å². The predicted molar refractivity (Wildman–Crippen MR) is 39.1 cm³/mol. The minimum Gasteiger partial charge on any atom is -0.480 e. The number of aliphatic hydroxyl groups is 1. The molecule has 0 aliphatic carbocycles. The predicted octanol–water partition coefficient (Wildman–Crippen LogP) is -0.125. The van der Waals surface area contributed by atoms with E-state index in [0.29, 0.717) is 13.0 Å². The van der Waals surface area contributed by atoms with Gasteiger partial charge < -0.3 is 10.2 Å². The molecule has 0 aromatic heterocycles. The fourth-order valence-corrected chi connectivity index (χ4v) is 1.33. The lowest BCUT2D eigenvalue weighted by molar-refractivity contribution is -0.142. The van der Waals surface area contributed by atoms with Crippen LogP contribution in [0.5, 0.6) is 0 Å². The number of hydrogen-bond acceptors (Lipinski definition) is 3. The van der Waals surface area contributed by atoms with Crippen LogP contribution in [0.2, 0.25) is 0 Å². The molecule has 0 saturated carbocycles. The minimum atomic E-state index is -0.869. The lowest BCUT2D eigenvalue weighted by Gasteiger charge is -2.30. The summed E-state index contributed by atoms with van der Waals surface area (Å²) < 4.78 is 0. The summed E-state index contributed by atoms with van der Waals surface area (Å²) in [6.45, 7) is 0.661. The fourth-order valence-electron chi connectivity index (χ4n) is 1.33. The SMILES string of the molecule is O=C(O)CN1CCCCC1O. The largest absolute Gasteiger partial charge is 0.480 e. The first-order valence-corrected chi connectivity index (χ1v) is 3.84. The summed E-state index contributed by atoms with van der Waals surface area (Å²) in [6, 6.07) is 0. The van der Waals surface area contributed by atoms with Crippen molar-refractivity contribution in [2.45, 2.75) is 25.5 Å². The molecule has 4 nitrogen and oxygen atoms in total. The summed E-state index contributed by atoms with van der Waals surface area (Å²) in [5.41, 5.74) is 0. The molecule has 1 saturated heterocycles. The monoisotopic (exact) mass is 159 g/mol. The van der Waals surface area contributed by atoms with E-state index in [0.717, 1.165) is 12.8 Å². The summed E-state index contributed by atoms with van der Waals surface area (Å²) in [5, 5.41) is 17.7. The van der Waals surface area contributed by atoms with Crippen molar-refractivity contribution in [2.75, 3.05) is 13.1 Å². The van der Waals surface area contributed by atoms with Gasteiger partial charge in [-0.2, -0.15) is 0 Å². The Morgan fingerprint density at radius 1 is 1.55 bits per heavy atom. The van der Waals surface area contributed by atoms with Crippen molar-refractivity contribution < 1.29 is 15.0 Å². The number of carbonyl (C=O) groups is 1. The molecule has 1 rings (SSSR count). The summed E-state index contributed by atoms with van der Waals surface area (Å²) in [5.74, 6) is -0.869. The molecule has 1 heterocycles. The van der Waals surface area contributed by atoms with Crippen LogP contribution >= 0.6 is 0 Å². The van der Waals surface area contributed by atoms with Crippen LogP contribution in [0.1, 0.15) is 19.3 Å². The van der Waals surface area contributed by atoms with Crippen molar-refractivity contribution in [3.63, 3.8) is 0 Å². The third-order valence-electron chi connectivity index (χ3n) is 1.92. The molecule has 64 valence electrons. The maximum atomic E-state index is 10.3. The van der Waals surface area contributed by atoms with Gasteiger partial charge in [0.1, 0.15) is 6.23 Å². The lowest BCUT2D eigenvalue weighted by atomic mass is 10.1. The van der Waals surface area contributed by atoms with E-state index in [9.17, 15) is 9.90 Å². The van der Waals surface area contributed by atoms with Crippen LogP contribution in [0, 0.1) is 0 Å². The Morgan fingerprint density at radius 3 is 2.82 bits per heavy atom. The van der Waals surface area contributed by atoms with Crippen molar-refractivity contribution in [1.29, 1.82) is 0 Å². The van der Waals surface area contributed by atoms with Gasteiger partial charge in [-0.3, -0.25) is 9.69 Å². The van der Waals surface area contributed by atoms with E-state index >= 15 is 0 Å². The van der Waals surface area contributed by atoms with Gasteiger partial charge >= 0.3 is 5.97 Å². The van der Waals surface area contributed by atoms with Crippen LogP contribution in [0.3, 0.4) is 0 Å². The number of aliphatic hydroxyl groups excluding tert-OH is 1. The van der Waals surface area contributed by atoms with Crippen molar-refractivity contribution in [3.05, 3.63) is 0 Å². The number of carboxylic acid groups (broad SMARTS) is 1. The Balaban J connectivity index is 2.35. The van der Waals surface area contributed by atoms with E-state index in [1.807, 2.05) is 0 Å². The zero-order valence-electron chi connectivity index (χ0n) is 6.36. The Bertz CT molecular complexity index is 149. The average molecular weight is 159 g/mol. The van der Waals surface area contributed by atoms with Crippen molar-refractivity contribution in [3.8, 4) is 0 Å². The molecule has 11 heavy (non-hydrogen) atoms. The number of likely N-dealkylation sites (tertiary alicyclic amines) is 1. The Kier molecular flexibility index (Phi) is 2.84. The Labute approximate surface area is 65.4 Å². The second-order valence-corrected chi connectivity index (χ2v) is 2.84. The first kappa shape index (κ1) is 8.49. The third-order valence-corrected chi connectivity index (χ3v) is 1.92. The highest BCUT2D eigenvalue weighted by Crippen LogP contribution is 2.13. The maximum Gasteiger partial charge on any atom is 0.317 e. The maximum absolute atomic E-state index is 10.3. The first-order chi connectivity index (χ1) is 5.20. The van der Waals surface area contributed by atoms with Gasteiger partial charge in [-0.15, -0.1) is 0 Å². The normalized spacial score (nSPS) is 26.8. The molecule has 0 spiro atoms. The molecular formula is C7H13NO3. The number of aliphatic carboxylic acids is 1. The van der Waals surface area contributed by atoms with Gasteiger partial charge in [0.25, 0.3) is 0 Å². The van der Waals surface area contributed by atoms with E-state index < -0.39 is 12.2 Å². The molecule has 0 bridgehead atoms. The topological polar surface area (TPSA) is 60.8 Å². The smallest absolute Gasteiger partial charge is 0.317 e. The van der Waals surface area contributed by atoms with Gasteiger partial charge in [0, 0.05) is 6.54 Å². The third kappa shape index (κ3) is 2.48. The molecule has 2 N–H and O–H groups in total. The van der Waals surface area contributed by atoms with Crippen molar-refractivity contribution >= 4 is 5.97 Å². The quantitative estimate of drug-likeness (QED) is 0.589. The molecule has 4 heteroatoms. The molecule has 0 aromatic rings. The minimum absolute atomic E-state index is 0.0405. The highest BCUT2D eigenvalue weighted by molar-refractivity contribution is 5.69. The molecule has 1 atom stereocenters. The molecule has 1 aliphatic rings. The van der Waals surface area contributed by atoms with E-state index in [4.69, 9.17) is 5.11 Å². The highest BCUT2D eigenvalue weighted by atomic mass is 16.4. The van der Waals surface area contributed by atoms with E-state index in [2.05, 4.69) is 0 Å². The number of rotatable bonds is 2. The van der Waals surface area contributed by atoms with Crippen LogP contribution in [0.4, 0.5) is 0 Å². The van der Waals surface area contributed by atoms with Crippen LogP contribution < -0.4 is 0 Å². The van der Waals surface area contributed by atoms with E-state index in [1.165, 1.54) is 0 Å². The zero-order chi connectivity index (χ0) is 8.27. The number of piperidine rings is 1. The van der Waals surface area contributed by atoms with Crippen LogP contribution in [-0.2, 0) is 4.79 Å². The van der Waals surface area contributed by atoms with Crippen LogP contribution in [-0.4, -0.2) is 40.4 Å². The zero-order valence-corrected chi connectivity index (χ0v) is 6.36. The first-order valence-electron chi connectivity index (χ1n) is 3.84. The van der Waals surface area contributed by atoms with Gasteiger partial charge in [0.2, 0.25) is 0 Å². The molecular weight excluding hydrogens is 146 g/mol. The van der Waals surface area contributed by atoms with Crippen LogP contribution in [0.25, 0.3) is 0 Å². The number of carboxylic acids is 1. The van der Waals surface area contributed by atoms with Crippen LogP contribution in [0.15, 0.2) is 0 Å². The standard InChI is InChI=1S/C7H13NO3/c9-6-3-1-2-4-8(6)5-7(10)11/h6,9H,1-5H2,(H,10,11). The summed E-state index contributed by atoms with van der Waals surface area (Å²) >= 11 is 0. The van der Waals surface area contributed by atoms with E-state index in [1.54, 1.807) is 4.90 Å². The fraction of sp³-hybridized carbons (Fsp3) is 0.857. The highest BCUT2D eigenvalue weighted by Gasteiger charge is 2.21. The Hall–Kier alpha value is -0.610. The van der Waals surface area contributed by atoms with Gasteiger partial charge in [-0.05, 0) is 19.3 Å². The molecule has 0 amide bonds. The average Bonchev–Trinajstić information content (AvgIpc) is 1.93.